The van der Waals surface area contributed by atoms with Gasteiger partial charge in [0.05, 0.1) is 6.54 Å². The van der Waals surface area contributed by atoms with Crippen molar-refractivity contribution < 1.29 is 9.18 Å². The lowest BCUT2D eigenvalue weighted by atomic mass is 10.1. The molecule has 0 aromatic heterocycles. The lowest BCUT2D eigenvalue weighted by Crippen LogP contribution is -2.37. The second-order valence-corrected chi connectivity index (χ2v) is 4.74. The van der Waals surface area contributed by atoms with Gasteiger partial charge in [-0.25, -0.2) is 4.39 Å². The van der Waals surface area contributed by atoms with Gasteiger partial charge < -0.3 is 10.2 Å². The van der Waals surface area contributed by atoms with Crippen LogP contribution in [0.1, 0.15) is 31.4 Å². The summed E-state index contributed by atoms with van der Waals surface area (Å²) in [5, 5.41) is 3.18. The Morgan fingerprint density at radius 2 is 1.94 bits per heavy atom. The largest absolute Gasteiger partial charge is 0.342 e. The van der Waals surface area contributed by atoms with Crippen LogP contribution in [0, 0.1) is 5.82 Å². The van der Waals surface area contributed by atoms with Crippen LogP contribution >= 0.6 is 0 Å². The second-order valence-electron chi connectivity index (χ2n) is 4.74. The van der Waals surface area contributed by atoms with E-state index in [1.165, 1.54) is 12.1 Å². The van der Waals surface area contributed by atoms with E-state index in [1.807, 2.05) is 11.8 Å². The third kappa shape index (κ3) is 3.29. The Kier molecular flexibility index (Phi) is 4.31. The molecule has 1 aliphatic rings. The molecule has 1 unspecified atom stereocenters. The molecule has 1 amide bonds. The maximum atomic E-state index is 12.8. The predicted octanol–water partition coefficient (Wildman–Crippen LogP) is 2.10. The molecule has 3 nitrogen and oxygen atoms in total. The summed E-state index contributed by atoms with van der Waals surface area (Å²) in [7, 11) is 0. The van der Waals surface area contributed by atoms with Gasteiger partial charge >= 0.3 is 0 Å². The molecule has 1 atom stereocenters. The third-order valence-electron chi connectivity index (χ3n) is 3.39. The summed E-state index contributed by atoms with van der Waals surface area (Å²) in [6.07, 6.45) is 2.22. The van der Waals surface area contributed by atoms with Crippen LogP contribution in [0.5, 0.6) is 0 Å². The van der Waals surface area contributed by atoms with Gasteiger partial charge in [0.25, 0.3) is 0 Å². The van der Waals surface area contributed by atoms with Gasteiger partial charge in [-0.15, -0.1) is 0 Å². The van der Waals surface area contributed by atoms with E-state index in [9.17, 15) is 9.18 Å². The number of nitrogens with zero attached hydrogens (tertiary/aromatic N) is 1. The van der Waals surface area contributed by atoms with Gasteiger partial charge in [-0.3, -0.25) is 4.79 Å². The van der Waals surface area contributed by atoms with Crippen LogP contribution in [0.3, 0.4) is 0 Å². The normalized spacial score (nSPS) is 16.9. The van der Waals surface area contributed by atoms with Crippen molar-refractivity contribution in [1.29, 1.82) is 0 Å². The smallest absolute Gasteiger partial charge is 0.236 e. The highest BCUT2D eigenvalue weighted by molar-refractivity contribution is 5.78. The summed E-state index contributed by atoms with van der Waals surface area (Å²) in [6.45, 7) is 4.08. The lowest BCUT2D eigenvalue weighted by Gasteiger charge is -2.18. The first-order valence-corrected chi connectivity index (χ1v) is 6.43. The molecule has 1 saturated heterocycles. The van der Waals surface area contributed by atoms with Crippen molar-refractivity contribution in [3.8, 4) is 0 Å². The van der Waals surface area contributed by atoms with Crippen LogP contribution in [0.25, 0.3) is 0 Å². The standard InChI is InChI=1S/C14H19FN2O/c1-11(12-4-6-13(15)7-5-12)16-10-14(18)17-8-2-3-9-17/h4-7,11,16H,2-3,8-10H2,1H3. The highest BCUT2D eigenvalue weighted by Gasteiger charge is 2.18. The Morgan fingerprint density at radius 1 is 1.33 bits per heavy atom. The van der Waals surface area contributed by atoms with Crippen molar-refractivity contribution in [2.24, 2.45) is 0 Å². The molecule has 1 heterocycles. The number of rotatable bonds is 4. The van der Waals surface area contributed by atoms with Gasteiger partial charge in [-0.2, -0.15) is 0 Å². The van der Waals surface area contributed by atoms with Gasteiger partial charge in [-0.1, -0.05) is 12.1 Å². The highest BCUT2D eigenvalue weighted by Crippen LogP contribution is 2.13. The average Bonchev–Trinajstić information content (AvgIpc) is 2.90. The monoisotopic (exact) mass is 250 g/mol. The average molecular weight is 250 g/mol. The Hall–Kier alpha value is -1.42. The fourth-order valence-corrected chi connectivity index (χ4v) is 2.19. The zero-order chi connectivity index (χ0) is 13.0. The van der Waals surface area contributed by atoms with E-state index in [1.54, 1.807) is 12.1 Å². The van der Waals surface area contributed by atoms with E-state index in [4.69, 9.17) is 0 Å². The van der Waals surface area contributed by atoms with E-state index in [0.29, 0.717) is 6.54 Å². The van der Waals surface area contributed by atoms with E-state index < -0.39 is 0 Å². The zero-order valence-electron chi connectivity index (χ0n) is 10.7. The van der Waals surface area contributed by atoms with E-state index in [2.05, 4.69) is 5.32 Å². The van der Waals surface area contributed by atoms with Crippen LogP contribution in [-0.2, 0) is 4.79 Å². The Labute approximate surface area is 107 Å². The molecule has 0 saturated carbocycles. The van der Waals surface area contributed by atoms with Crippen molar-refractivity contribution in [3.05, 3.63) is 35.6 Å². The van der Waals surface area contributed by atoms with Gasteiger partial charge in [-0.05, 0) is 37.5 Å². The molecule has 18 heavy (non-hydrogen) atoms. The molecule has 1 aliphatic heterocycles. The fourth-order valence-electron chi connectivity index (χ4n) is 2.19. The third-order valence-corrected chi connectivity index (χ3v) is 3.39. The number of hydrogen-bond acceptors (Lipinski definition) is 2. The maximum absolute atomic E-state index is 12.8. The first-order valence-electron chi connectivity index (χ1n) is 6.43. The molecule has 1 aromatic carbocycles. The van der Waals surface area contributed by atoms with Crippen LogP contribution in [0.4, 0.5) is 4.39 Å². The summed E-state index contributed by atoms with van der Waals surface area (Å²) < 4.78 is 12.8. The number of hydrogen-bond donors (Lipinski definition) is 1. The van der Waals surface area contributed by atoms with Gasteiger partial charge in [0.15, 0.2) is 0 Å². The summed E-state index contributed by atoms with van der Waals surface area (Å²) >= 11 is 0. The van der Waals surface area contributed by atoms with Crippen molar-refractivity contribution >= 4 is 5.91 Å². The number of likely N-dealkylation sites (tertiary alicyclic amines) is 1. The highest BCUT2D eigenvalue weighted by atomic mass is 19.1. The number of carbonyl (C=O) groups excluding carboxylic acids is 1. The summed E-state index contributed by atoms with van der Waals surface area (Å²) in [5.41, 5.74) is 0.991. The van der Waals surface area contributed by atoms with Crippen molar-refractivity contribution in [3.63, 3.8) is 0 Å². The van der Waals surface area contributed by atoms with Crippen LogP contribution in [0.15, 0.2) is 24.3 Å². The SMILES string of the molecule is CC(NCC(=O)N1CCCC1)c1ccc(F)cc1. The van der Waals surface area contributed by atoms with E-state index in [-0.39, 0.29) is 17.8 Å². The van der Waals surface area contributed by atoms with Crippen LogP contribution in [-0.4, -0.2) is 30.4 Å². The van der Waals surface area contributed by atoms with Crippen molar-refractivity contribution in [2.45, 2.75) is 25.8 Å². The number of benzene rings is 1. The van der Waals surface area contributed by atoms with Gasteiger partial charge in [0, 0.05) is 19.1 Å². The van der Waals surface area contributed by atoms with Crippen LogP contribution < -0.4 is 5.32 Å². The molecule has 98 valence electrons. The molecular weight excluding hydrogens is 231 g/mol. The first-order chi connectivity index (χ1) is 8.66. The maximum Gasteiger partial charge on any atom is 0.236 e. The first kappa shape index (κ1) is 13.0. The fraction of sp³-hybridized carbons (Fsp3) is 0.500. The summed E-state index contributed by atoms with van der Waals surface area (Å²) in [6, 6.07) is 6.42. The predicted molar refractivity (Wildman–Crippen MR) is 68.6 cm³/mol. The molecule has 0 bridgehead atoms. The lowest BCUT2D eigenvalue weighted by molar-refractivity contribution is -0.129. The quantitative estimate of drug-likeness (QED) is 0.887. The zero-order valence-corrected chi connectivity index (χ0v) is 10.7. The molecule has 0 spiro atoms. The Morgan fingerprint density at radius 3 is 2.56 bits per heavy atom. The van der Waals surface area contributed by atoms with Crippen molar-refractivity contribution in [2.75, 3.05) is 19.6 Å². The summed E-state index contributed by atoms with van der Waals surface area (Å²) in [4.78, 5) is 13.7. The molecule has 0 aliphatic carbocycles. The minimum Gasteiger partial charge on any atom is -0.342 e. The Bertz CT molecular complexity index is 399. The molecule has 2 rings (SSSR count). The molecule has 0 radical (unpaired) electrons. The summed E-state index contributed by atoms with van der Waals surface area (Å²) in [5.74, 6) is -0.0828. The number of nitrogens with one attached hydrogen (secondary N) is 1. The number of carbonyl (C=O) groups is 1. The molecule has 1 aromatic rings. The number of halogens is 1. The minimum absolute atomic E-state index is 0.0529. The van der Waals surface area contributed by atoms with Gasteiger partial charge in [0.2, 0.25) is 5.91 Å². The Balaban J connectivity index is 1.82. The second kappa shape index (κ2) is 5.96. The van der Waals surface area contributed by atoms with E-state index >= 15 is 0 Å². The molecule has 4 heteroatoms. The van der Waals surface area contributed by atoms with Crippen LogP contribution in [0.2, 0.25) is 0 Å². The molecule has 1 N–H and O–H groups in total. The number of amides is 1. The van der Waals surface area contributed by atoms with Gasteiger partial charge in [0.1, 0.15) is 5.82 Å². The van der Waals surface area contributed by atoms with E-state index in [0.717, 1.165) is 31.5 Å². The van der Waals surface area contributed by atoms with Crippen molar-refractivity contribution in [1.82, 2.24) is 10.2 Å². The molecular formula is C14H19FN2O. The minimum atomic E-state index is -0.237. The topological polar surface area (TPSA) is 32.3 Å². The molecule has 1 fully saturated rings.